The van der Waals surface area contributed by atoms with Crippen molar-refractivity contribution in [1.82, 2.24) is 19.1 Å². The van der Waals surface area contributed by atoms with Gasteiger partial charge in [-0.25, -0.2) is 4.79 Å². The maximum atomic E-state index is 12.6. The average molecular weight is 332 g/mol. The molecule has 8 heteroatoms. The van der Waals surface area contributed by atoms with Crippen LogP contribution in [0.15, 0.2) is 21.2 Å². The molecule has 0 radical (unpaired) electrons. The van der Waals surface area contributed by atoms with E-state index in [0.717, 1.165) is 29.5 Å². The normalized spacial score (nSPS) is 18.2. The number of piperidine rings is 1. The molecule has 1 aliphatic rings. The molecule has 0 spiro atoms. The Bertz CT molecular complexity index is 900. The van der Waals surface area contributed by atoms with Gasteiger partial charge in [-0.05, 0) is 26.7 Å². The molecule has 0 aromatic carbocycles. The van der Waals surface area contributed by atoms with Crippen LogP contribution in [-0.4, -0.2) is 38.2 Å². The van der Waals surface area contributed by atoms with Gasteiger partial charge in [-0.1, -0.05) is 11.6 Å². The van der Waals surface area contributed by atoms with E-state index in [1.165, 1.54) is 7.05 Å². The molecule has 1 unspecified atom stereocenters. The Balaban J connectivity index is 2.22. The molecule has 2 aromatic rings. The van der Waals surface area contributed by atoms with E-state index in [4.69, 9.17) is 5.73 Å². The van der Waals surface area contributed by atoms with Gasteiger partial charge >= 0.3 is 5.69 Å². The molecule has 1 atom stereocenters. The zero-order chi connectivity index (χ0) is 17.4. The number of rotatable bonds is 3. The van der Waals surface area contributed by atoms with Gasteiger partial charge in [0.1, 0.15) is 0 Å². The highest BCUT2D eigenvalue weighted by Gasteiger charge is 2.24. The van der Waals surface area contributed by atoms with Crippen molar-refractivity contribution in [3.8, 4) is 0 Å². The summed E-state index contributed by atoms with van der Waals surface area (Å²) < 4.78 is 2.95. The van der Waals surface area contributed by atoms with Gasteiger partial charge in [-0.15, -0.1) is 0 Å². The summed E-state index contributed by atoms with van der Waals surface area (Å²) in [7, 11) is 1.47. The largest absolute Gasteiger partial charge is 0.341 e. The molecular formula is C16H24N6O2. The van der Waals surface area contributed by atoms with Crippen LogP contribution in [0, 0.1) is 0 Å². The van der Waals surface area contributed by atoms with Crippen molar-refractivity contribution in [3.63, 3.8) is 0 Å². The van der Waals surface area contributed by atoms with Gasteiger partial charge in [0.15, 0.2) is 11.2 Å². The molecule has 3 heterocycles. The third-order valence-electron chi connectivity index (χ3n) is 4.41. The second-order valence-electron chi connectivity index (χ2n) is 6.64. The molecule has 3 rings (SSSR count). The van der Waals surface area contributed by atoms with Crippen LogP contribution < -0.4 is 21.9 Å². The second-order valence-corrected chi connectivity index (χ2v) is 6.64. The quantitative estimate of drug-likeness (QED) is 0.788. The number of nitrogens with zero attached hydrogens (tertiary/aromatic N) is 4. The number of fused-ring (bicyclic) bond motifs is 1. The predicted octanol–water partition coefficient (Wildman–Crippen LogP) is 0.317. The summed E-state index contributed by atoms with van der Waals surface area (Å²) in [6.07, 6.45) is 4.02. The summed E-state index contributed by atoms with van der Waals surface area (Å²) in [5, 5.41) is 0. The first kappa shape index (κ1) is 16.5. The second kappa shape index (κ2) is 6.27. The van der Waals surface area contributed by atoms with E-state index in [1.54, 1.807) is 0 Å². The van der Waals surface area contributed by atoms with Crippen molar-refractivity contribution in [1.29, 1.82) is 0 Å². The van der Waals surface area contributed by atoms with E-state index in [2.05, 4.69) is 14.9 Å². The topological polar surface area (TPSA) is 102 Å². The lowest BCUT2D eigenvalue weighted by atomic mass is 10.1. The molecule has 2 aromatic heterocycles. The first-order valence-corrected chi connectivity index (χ1v) is 8.22. The molecule has 0 aliphatic carbocycles. The number of aromatic amines is 1. The Morgan fingerprint density at radius 1 is 1.42 bits per heavy atom. The van der Waals surface area contributed by atoms with E-state index < -0.39 is 5.69 Å². The van der Waals surface area contributed by atoms with E-state index in [-0.39, 0.29) is 11.6 Å². The number of nitrogens with two attached hydrogens (primary N) is 1. The highest BCUT2D eigenvalue weighted by Crippen LogP contribution is 2.22. The minimum Gasteiger partial charge on any atom is -0.341 e. The van der Waals surface area contributed by atoms with E-state index >= 15 is 0 Å². The Morgan fingerprint density at radius 2 is 2.17 bits per heavy atom. The van der Waals surface area contributed by atoms with Crippen LogP contribution in [0.5, 0.6) is 0 Å². The molecule has 0 bridgehead atoms. The molecule has 8 nitrogen and oxygen atoms in total. The van der Waals surface area contributed by atoms with Crippen LogP contribution in [0.1, 0.15) is 26.7 Å². The van der Waals surface area contributed by atoms with E-state index in [1.807, 2.05) is 24.5 Å². The molecular weight excluding hydrogens is 308 g/mol. The first-order valence-electron chi connectivity index (χ1n) is 8.22. The highest BCUT2D eigenvalue weighted by molar-refractivity contribution is 5.74. The summed E-state index contributed by atoms with van der Waals surface area (Å²) >= 11 is 0. The lowest BCUT2D eigenvalue weighted by molar-refractivity contribution is 0.495. The standard InChI is InChI=1S/C16H24N6O2/c1-10(2)6-8-22-12-13(19-16(24)20(3)14(12)23)18-15(22)21-7-4-5-11(17)9-21/h6,11H,4-5,7-9,17H2,1-3H3,(H,19,24). The van der Waals surface area contributed by atoms with Crippen molar-refractivity contribution in [2.75, 3.05) is 18.0 Å². The van der Waals surface area contributed by atoms with Crippen molar-refractivity contribution in [2.45, 2.75) is 39.3 Å². The van der Waals surface area contributed by atoms with E-state index in [0.29, 0.717) is 30.2 Å². The first-order chi connectivity index (χ1) is 11.4. The van der Waals surface area contributed by atoms with Crippen LogP contribution >= 0.6 is 0 Å². The maximum absolute atomic E-state index is 12.6. The predicted molar refractivity (Wildman–Crippen MR) is 94.4 cm³/mol. The maximum Gasteiger partial charge on any atom is 0.329 e. The number of anilines is 1. The Morgan fingerprint density at radius 3 is 2.83 bits per heavy atom. The molecule has 1 aliphatic heterocycles. The van der Waals surface area contributed by atoms with Gasteiger partial charge < -0.3 is 15.2 Å². The van der Waals surface area contributed by atoms with Crippen LogP contribution in [0.4, 0.5) is 5.95 Å². The van der Waals surface area contributed by atoms with Gasteiger partial charge in [0, 0.05) is 32.7 Å². The lowest BCUT2D eigenvalue weighted by Gasteiger charge is -2.31. The molecule has 0 saturated carbocycles. The molecule has 0 amide bonds. The number of allylic oxidation sites excluding steroid dienone is 2. The molecule has 24 heavy (non-hydrogen) atoms. The third-order valence-corrected chi connectivity index (χ3v) is 4.41. The smallest absolute Gasteiger partial charge is 0.329 e. The lowest BCUT2D eigenvalue weighted by Crippen LogP contribution is -2.44. The third kappa shape index (κ3) is 2.89. The number of hydrogen-bond donors (Lipinski definition) is 2. The van der Waals surface area contributed by atoms with Crippen molar-refractivity contribution in [3.05, 3.63) is 32.5 Å². The summed E-state index contributed by atoms with van der Waals surface area (Å²) in [4.78, 5) is 33.8. The number of hydrogen-bond acceptors (Lipinski definition) is 5. The zero-order valence-electron chi connectivity index (χ0n) is 14.4. The van der Waals surface area contributed by atoms with Crippen molar-refractivity contribution in [2.24, 2.45) is 12.8 Å². The molecule has 3 N–H and O–H groups in total. The monoisotopic (exact) mass is 332 g/mol. The fourth-order valence-corrected chi connectivity index (χ4v) is 3.06. The molecule has 1 fully saturated rings. The van der Waals surface area contributed by atoms with Crippen molar-refractivity contribution < 1.29 is 0 Å². The van der Waals surface area contributed by atoms with Crippen LogP contribution in [0.2, 0.25) is 0 Å². The van der Waals surface area contributed by atoms with Gasteiger partial charge in [0.05, 0.1) is 0 Å². The van der Waals surface area contributed by atoms with E-state index in [9.17, 15) is 9.59 Å². The number of aromatic nitrogens is 4. The summed E-state index contributed by atoms with van der Waals surface area (Å²) in [5.74, 6) is 0.691. The van der Waals surface area contributed by atoms with Crippen LogP contribution in [0.25, 0.3) is 11.2 Å². The molecule has 1 saturated heterocycles. The van der Waals surface area contributed by atoms with Gasteiger partial charge in [0.2, 0.25) is 5.95 Å². The van der Waals surface area contributed by atoms with Crippen LogP contribution in [0.3, 0.4) is 0 Å². The minimum absolute atomic E-state index is 0.0948. The Hall–Kier alpha value is -2.35. The minimum atomic E-state index is -0.457. The fraction of sp³-hybridized carbons (Fsp3) is 0.562. The number of nitrogens with one attached hydrogen (secondary N) is 1. The summed E-state index contributed by atoms with van der Waals surface area (Å²) in [6.45, 7) is 6.09. The average Bonchev–Trinajstić information content (AvgIpc) is 2.89. The van der Waals surface area contributed by atoms with Gasteiger partial charge in [-0.2, -0.15) is 4.98 Å². The zero-order valence-corrected chi connectivity index (χ0v) is 14.4. The van der Waals surface area contributed by atoms with Crippen LogP contribution in [-0.2, 0) is 13.6 Å². The van der Waals surface area contributed by atoms with Gasteiger partial charge in [0.25, 0.3) is 5.56 Å². The Kier molecular flexibility index (Phi) is 4.31. The van der Waals surface area contributed by atoms with Gasteiger partial charge in [-0.3, -0.25) is 14.3 Å². The van der Waals surface area contributed by atoms with Crippen molar-refractivity contribution >= 4 is 17.1 Å². The summed E-state index contributed by atoms with van der Waals surface area (Å²) in [6, 6.07) is 0.0948. The number of imidazole rings is 1. The molecule has 130 valence electrons. The SMILES string of the molecule is CC(C)=CCn1c(N2CCCC(N)C2)nc2[nH]c(=O)n(C)c(=O)c21. The Labute approximate surface area is 139 Å². The summed E-state index contributed by atoms with van der Waals surface area (Å²) in [5.41, 5.74) is 7.20. The number of H-pyrrole nitrogens is 1. The highest BCUT2D eigenvalue weighted by atomic mass is 16.2. The fourth-order valence-electron chi connectivity index (χ4n) is 3.06.